The Hall–Kier alpha value is -2.53. The molecule has 8 nitrogen and oxygen atoms in total. The topological polar surface area (TPSA) is 83.1 Å². The number of benzene rings is 2. The summed E-state index contributed by atoms with van der Waals surface area (Å²) >= 11 is 1.44. The lowest BCUT2D eigenvalue weighted by Crippen LogP contribution is -2.38. The van der Waals surface area contributed by atoms with E-state index in [0.29, 0.717) is 29.5 Å². The molecular formula is C23H30N4O4S2. The van der Waals surface area contributed by atoms with Crippen molar-refractivity contribution in [1.29, 1.82) is 0 Å². The second kappa shape index (κ2) is 10.6. The van der Waals surface area contributed by atoms with Crippen LogP contribution in [0.5, 0.6) is 5.75 Å². The number of aromatic nitrogens is 1. The van der Waals surface area contributed by atoms with Crippen molar-refractivity contribution >= 4 is 42.6 Å². The number of anilines is 1. The maximum atomic E-state index is 13.5. The molecule has 0 saturated carbocycles. The number of carbonyl (C=O) groups excluding carboxylic acids is 1. The Labute approximate surface area is 199 Å². The molecule has 0 radical (unpaired) electrons. The Morgan fingerprint density at radius 1 is 1.03 bits per heavy atom. The SMILES string of the molecule is CCN(CC)CCN(C(=O)c1ccc(S(=O)(=O)N(C)C)cc1)c1nc2cc(OC)ccc2s1. The number of carbonyl (C=O) groups is 1. The molecule has 3 rings (SSSR count). The minimum absolute atomic E-state index is 0.144. The number of hydrogen-bond donors (Lipinski definition) is 0. The van der Waals surface area contributed by atoms with E-state index < -0.39 is 10.0 Å². The van der Waals surface area contributed by atoms with Crippen molar-refractivity contribution in [3.63, 3.8) is 0 Å². The molecule has 0 bridgehead atoms. The second-order valence-corrected chi connectivity index (χ2v) is 10.8. The zero-order valence-electron chi connectivity index (χ0n) is 19.6. The molecular weight excluding hydrogens is 460 g/mol. The standard InChI is InChI=1S/C23H30N4O4S2/c1-6-26(7-2)14-15-27(23-24-20-16-18(31-5)10-13-21(20)32-23)22(28)17-8-11-19(12-9-17)33(29,30)25(3)4/h8-13,16H,6-7,14-15H2,1-5H3. The largest absolute Gasteiger partial charge is 0.497 e. The summed E-state index contributed by atoms with van der Waals surface area (Å²) in [5.41, 5.74) is 1.17. The van der Waals surface area contributed by atoms with E-state index in [1.165, 1.54) is 37.6 Å². The molecule has 10 heteroatoms. The van der Waals surface area contributed by atoms with Gasteiger partial charge >= 0.3 is 0 Å². The quantitative estimate of drug-likeness (QED) is 0.432. The first-order valence-corrected chi connectivity index (χ1v) is 13.0. The third kappa shape index (κ3) is 5.52. The molecule has 1 aromatic heterocycles. The van der Waals surface area contributed by atoms with Crippen LogP contribution < -0.4 is 9.64 Å². The number of ether oxygens (including phenoxy) is 1. The van der Waals surface area contributed by atoms with Gasteiger partial charge in [-0.2, -0.15) is 0 Å². The third-order valence-corrected chi connectivity index (χ3v) is 8.36. The van der Waals surface area contributed by atoms with Gasteiger partial charge in [-0.3, -0.25) is 9.69 Å². The molecule has 33 heavy (non-hydrogen) atoms. The summed E-state index contributed by atoms with van der Waals surface area (Å²) in [4.78, 5) is 22.3. The van der Waals surface area contributed by atoms with Crippen LogP contribution in [0.4, 0.5) is 5.13 Å². The molecule has 0 aliphatic heterocycles. The molecule has 0 unspecified atom stereocenters. The average molecular weight is 491 g/mol. The van der Waals surface area contributed by atoms with Crippen LogP contribution in [0.2, 0.25) is 0 Å². The number of likely N-dealkylation sites (N-methyl/N-ethyl adjacent to an activating group) is 1. The van der Waals surface area contributed by atoms with Gasteiger partial charge in [0, 0.05) is 38.8 Å². The van der Waals surface area contributed by atoms with E-state index in [4.69, 9.17) is 9.72 Å². The van der Waals surface area contributed by atoms with Gasteiger partial charge in [-0.15, -0.1) is 0 Å². The lowest BCUT2D eigenvalue weighted by Gasteiger charge is -2.24. The number of amides is 1. The van der Waals surface area contributed by atoms with Gasteiger partial charge in [-0.25, -0.2) is 17.7 Å². The van der Waals surface area contributed by atoms with Gasteiger partial charge < -0.3 is 9.64 Å². The van der Waals surface area contributed by atoms with Gasteiger partial charge in [0.05, 0.1) is 22.2 Å². The summed E-state index contributed by atoms with van der Waals surface area (Å²) in [6.45, 7) is 7.10. The Morgan fingerprint density at radius 3 is 2.27 bits per heavy atom. The number of sulfonamides is 1. The zero-order chi connectivity index (χ0) is 24.2. The van der Waals surface area contributed by atoms with Gasteiger partial charge in [-0.05, 0) is 49.5 Å². The zero-order valence-corrected chi connectivity index (χ0v) is 21.2. The Kier molecular flexibility index (Phi) is 8.06. The van der Waals surface area contributed by atoms with Crippen LogP contribution in [-0.4, -0.2) is 75.9 Å². The molecule has 0 aliphatic carbocycles. The number of hydrogen-bond acceptors (Lipinski definition) is 7. The van der Waals surface area contributed by atoms with Gasteiger partial charge in [-0.1, -0.05) is 25.2 Å². The number of methoxy groups -OCH3 is 1. The average Bonchev–Trinajstić information content (AvgIpc) is 3.24. The van der Waals surface area contributed by atoms with Crippen LogP contribution in [0.1, 0.15) is 24.2 Å². The van der Waals surface area contributed by atoms with Crippen molar-refractivity contribution < 1.29 is 17.9 Å². The molecule has 0 N–H and O–H groups in total. The molecule has 1 amide bonds. The van der Waals surface area contributed by atoms with E-state index in [-0.39, 0.29) is 10.8 Å². The van der Waals surface area contributed by atoms with Crippen molar-refractivity contribution in [3.05, 3.63) is 48.0 Å². The molecule has 0 atom stereocenters. The number of nitrogens with zero attached hydrogens (tertiary/aromatic N) is 4. The van der Waals surface area contributed by atoms with Crippen molar-refractivity contribution in [1.82, 2.24) is 14.2 Å². The fraction of sp³-hybridized carbons (Fsp3) is 0.391. The highest BCUT2D eigenvalue weighted by Gasteiger charge is 2.23. The van der Waals surface area contributed by atoms with Gasteiger partial charge in [0.15, 0.2) is 5.13 Å². The van der Waals surface area contributed by atoms with E-state index in [1.807, 2.05) is 18.2 Å². The Balaban J connectivity index is 1.96. The smallest absolute Gasteiger partial charge is 0.260 e. The predicted octanol–water partition coefficient (Wildman–Crippen LogP) is 3.54. The second-order valence-electron chi connectivity index (χ2n) is 7.63. The molecule has 0 saturated heterocycles. The molecule has 1 heterocycles. The van der Waals surface area contributed by atoms with E-state index in [9.17, 15) is 13.2 Å². The number of fused-ring (bicyclic) bond motifs is 1. The highest BCUT2D eigenvalue weighted by Crippen LogP contribution is 2.32. The van der Waals surface area contributed by atoms with Gasteiger partial charge in [0.25, 0.3) is 5.91 Å². The molecule has 0 fully saturated rings. The maximum absolute atomic E-state index is 13.5. The van der Waals surface area contributed by atoms with E-state index in [0.717, 1.165) is 27.6 Å². The minimum atomic E-state index is -3.56. The van der Waals surface area contributed by atoms with Gasteiger partial charge in [0.1, 0.15) is 5.75 Å². The van der Waals surface area contributed by atoms with Crippen molar-refractivity contribution in [2.75, 3.05) is 52.3 Å². The highest BCUT2D eigenvalue weighted by molar-refractivity contribution is 7.89. The van der Waals surface area contributed by atoms with Crippen LogP contribution in [0.15, 0.2) is 47.4 Å². The Morgan fingerprint density at radius 2 is 1.70 bits per heavy atom. The third-order valence-electron chi connectivity index (χ3n) is 5.47. The molecule has 178 valence electrons. The lowest BCUT2D eigenvalue weighted by atomic mass is 10.2. The van der Waals surface area contributed by atoms with Crippen LogP contribution in [0, 0.1) is 0 Å². The van der Waals surface area contributed by atoms with Crippen molar-refractivity contribution in [2.24, 2.45) is 0 Å². The van der Waals surface area contributed by atoms with E-state index in [2.05, 4.69) is 18.7 Å². The first-order valence-electron chi connectivity index (χ1n) is 10.7. The summed E-state index contributed by atoms with van der Waals surface area (Å²) in [6, 6.07) is 11.7. The van der Waals surface area contributed by atoms with Crippen LogP contribution >= 0.6 is 11.3 Å². The monoisotopic (exact) mass is 490 g/mol. The van der Waals surface area contributed by atoms with Crippen LogP contribution in [-0.2, 0) is 10.0 Å². The van der Waals surface area contributed by atoms with E-state index in [1.54, 1.807) is 24.1 Å². The number of rotatable bonds is 10. The van der Waals surface area contributed by atoms with Crippen molar-refractivity contribution in [3.8, 4) is 5.75 Å². The first-order chi connectivity index (χ1) is 15.7. The number of thiazole rings is 1. The summed E-state index contributed by atoms with van der Waals surface area (Å²) in [7, 11) is 0.997. The van der Waals surface area contributed by atoms with Crippen LogP contribution in [0.3, 0.4) is 0 Å². The first kappa shape index (κ1) is 25.1. The minimum Gasteiger partial charge on any atom is -0.497 e. The van der Waals surface area contributed by atoms with Gasteiger partial charge in [0.2, 0.25) is 10.0 Å². The summed E-state index contributed by atoms with van der Waals surface area (Å²) < 4.78 is 32.1. The fourth-order valence-electron chi connectivity index (χ4n) is 3.34. The normalized spacial score (nSPS) is 12.0. The Bertz CT molecular complexity index is 1200. The lowest BCUT2D eigenvalue weighted by molar-refractivity contribution is 0.0983. The molecule has 0 aliphatic rings. The molecule has 2 aromatic carbocycles. The summed E-state index contributed by atoms with van der Waals surface area (Å²) in [5, 5.41) is 0.598. The fourth-order valence-corrected chi connectivity index (χ4v) is 5.21. The summed E-state index contributed by atoms with van der Waals surface area (Å²) in [6.07, 6.45) is 0. The summed E-state index contributed by atoms with van der Waals surface area (Å²) in [5.74, 6) is 0.486. The highest BCUT2D eigenvalue weighted by atomic mass is 32.2. The molecule has 0 spiro atoms. The predicted molar refractivity (Wildman–Crippen MR) is 133 cm³/mol. The molecule has 3 aromatic rings. The maximum Gasteiger partial charge on any atom is 0.260 e. The van der Waals surface area contributed by atoms with Crippen LogP contribution in [0.25, 0.3) is 10.2 Å². The van der Waals surface area contributed by atoms with Crippen molar-refractivity contribution in [2.45, 2.75) is 18.7 Å². The van der Waals surface area contributed by atoms with E-state index >= 15 is 0 Å².